The Morgan fingerprint density at radius 3 is 2.37 bits per heavy atom. The number of methoxy groups -OCH3 is 1. The fourth-order valence-corrected chi connectivity index (χ4v) is 2.64. The Morgan fingerprint density at radius 1 is 1.00 bits per heavy atom. The van der Waals surface area contributed by atoms with Crippen molar-refractivity contribution >= 4 is 16.8 Å². The molecule has 0 aliphatic heterocycles. The Balaban J connectivity index is 1.76. The van der Waals surface area contributed by atoms with Crippen molar-refractivity contribution in [3.05, 3.63) is 76.8 Å². The SMILES string of the molecule is COc1ccc(Oc2cc3nc(-c4ccccc4)oc3cc2[N+](=O)[O-])cc1. The van der Waals surface area contributed by atoms with Gasteiger partial charge in [0, 0.05) is 11.6 Å². The zero-order chi connectivity index (χ0) is 18.8. The molecule has 0 N–H and O–H groups in total. The van der Waals surface area contributed by atoms with Gasteiger partial charge in [-0.3, -0.25) is 10.1 Å². The molecule has 0 aliphatic carbocycles. The molecule has 7 nitrogen and oxygen atoms in total. The summed E-state index contributed by atoms with van der Waals surface area (Å²) < 4.78 is 16.5. The Bertz CT molecular complexity index is 1100. The average Bonchev–Trinajstić information content (AvgIpc) is 3.11. The molecule has 0 fully saturated rings. The highest BCUT2D eigenvalue weighted by Gasteiger charge is 2.21. The minimum Gasteiger partial charge on any atom is -0.497 e. The lowest BCUT2D eigenvalue weighted by Crippen LogP contribution is -1.93. The maximum atomic E-state index is 11.5. The number of hydrogen-bond donors (Lipinski definition) is 0. The predicted octanol–water partition coefficient (Wildman–Crippen LogP) is 5.20. The maximum absolute atomic E-state index is 11.5. The van der Waals surface area contributed by atoms with Crippen molar-refractivity contribution < 1.29 is 18.8 Å². The van der Waals surface area contributed by atoms with Crippen LogP contribution in [0.1, 0.15) is 0 Å². The van der Waals surface area contributed by atoms with E-state index in [2.05, 4.69) is 4.98 Å². The zero-order valence-electron chi connectivity index (χ0n) is 14.3. The van der Waals surface area contributed by atoms with Crippen molar-refractivity contribution in [1.82, 2.24) is 4.98 Å². The van der Waals surface area contributed by atoms with Gasteiger partial charge in [0.15, 0.2) is 5.58 Å². The van der Waals surface area contributed by atoms with Crippen LogP contribution in [0.3, 0.4) is 0 Å². The van der Waals surface area contributed by atoms with E-state index in [1.165, 1.54) is 12.1 Å². The molecule has 0 atom stereocenters. The first-order valence-corrected chi connectivity index (χ1v) is 8.10. The molecule has 0 amide bonds. The average molecular weight is 362 g/mol. The molecular formula is C20H14N2O5. The summed E-state index contributed by atoms with van der Waals surface area (Å²) in [6.45, 7) is 0. The van der Waals surface area contributed by atoms with Crippen LogP contribution in [0.25, 0.3) is 22.6 Å². The van der Waals surface area contributed by atoms with E-state index in [-0.39, 0.29) is 11.4 Å². The third kappa shape index (κ3) is 3.30. The van der Waals surface area contributed by atoms with Gasteiger partial charge in [0.05, 0.1) is 18.1 Å². The molecule has 0 radical (unpaired) electrons. The first kappa shape index (κ1) is 16.6. The first-order chi connectivity index (χ1) is 13.1. The fourth-order valence-electron chi connectivity index (χ4n) is 2.64. The lowest BCUT2D eigenvalue weighted by Gasteiger charge is -2.07. The number of fused-ring (bicyclic) bond motifs is 1. The Kier molecular flexibility index (Phi) is 4.18. The summed E-state index contributed by atoms with van der Waals surface area (Å²) in [5, 5.41) is 11.5. The second-order valence-corrected chi connectivity index (χ2v) is 5.71. The van der Waals surface area contributed by atoms with Crippen LogP contribution in [0, 0.1) is 10.1 Å². The summed E-state index contributed by atoms with van der Waals surface area (Å²) in [7, 11) is 1.56. The van der Waals surface area contributed by atoms with Crippen LogP contribution in [0.5, 0.6) is 17.2 Å². The number of ether oxygens (including phenoxy) is 2. The Morgan fingerprint density at radius 2 is 1.70 bits per heavy atom. The van der Waals surface area contributed by atoms with E-state index in [9.17, 15) is 10.1 Å². The van der Waals surface area contributed by atoms with Gasteiger partial charge in [-0.1, -0.05) is 18.2 Å². The number of rotatable bonds is 5. The van der Waals surface area contributed by atoms with Gasteiger partial charge < -0.3 is 13.9 Å². The van der Waals surface area contributed by atoms with Gasteiger partial charge in [0.1, 0.15) is 17.0 Å². The highest BCUT2D eigenvalue weighted by molar-refractivity contribution is 5.81. The van der Waals surface area contributed by atoms with Crippen molar-refractivity contribution in [1.29, 1.82) is 0 Å². The van der Waals surface area contributed by atoms with Gasteiger partial charge >= 0.3 is 5.69 Å². The molecule has 7 heteroatoms. The number of oxazole rings is 1. The predicted molar refractivity (Wildman–Crippen MR) is 99.2 cm³/mol. The molecule has 1 aromatic heterocycles. The molecule has 27 heavy (non-hydrogen) atoms. The summed E-state index contributed by atoms with van der Waals surface area (Å²) >= 11 is 0. The number of hydrogen-bond acceptors (Lipinski definition) is 6. The van der Waals surface area contributed by atoms with Crippen LogP contribution in [-0.4, -0.2) is 17.0 Å². The van der Waals surface area contributed by atoms with E-state index in [1.807, 2.05) is 30.3 Å². The summed E-state index contributed by atoms with van der Waals surface area (Å²) in [5.74, 6) is 1.59. The van der Waals surface area contributed by atoms with Gasteiger partial charge in [-0.25, -0.2) is 4.98 Å². The molecular weight excluding hydrogens is 348 g/mol. The molecule has 4 aromatic rings. The Hall–Kier alpha value is -3.87. The molecule has 0 saturated heterocycles. The number of benzene rings is 3. The van der Waals surface area contributed by atoms with Crippen LogP contribution < -0.4 is 9.47 Å². The van der Waals surface area contributed by atoms with Crippen LogP contribution in [0.2, 0.25) is 0 Å². The minimum atomic E-state index is -0.511. The van der Waals surface area contributed by atoms with E-state index < -0.39 is 4.92 Å². The van der Waals surface area contributed by atoms with E-state index in [0.29, 0.717) is 28.5 Å². The highest BCUT2D eigenvalue weighted by Crippen LogP contribution is 2.37. The van der Waals surface area contributed by atoms with Crippen molar-refractivity contribution in [3.8, 4) is 28.7 Å². The van der Waals surface area contributed by atoms with Gasteiger partial charge in [0.25, 0.3) is 0 Å². The standard InChI is InChI=1S/C20H14N2O5/c1-25-14-7-9-15(10-8-14)26-19-11-16-18(12-17(19)22(23)24)27-20(21-16)13-5-3-2-4-6-13/h2-12H,1H3. The molecule has 4 rings (SSSR count). The van der Waals surface area contributed by atoms with Crippen molar-refractivity contribution in [3.63, 3.8) is 0 Å². The maximum Gasteiger partial charge on any atom is 0.315 e. The zero-order valence-corrected chi connectivity index (χ0v) is 14.3. The molecule has 3 aromatic carbocycles. The molecule has 0 saturated carbocycles. The van der Waals surface area contributed by atoms with Gasteiger partial charge in [-0.05, 0) is 36.4 Å². The van der Waals surface area contributed by atoms with Crippen LogP contribution in [0.4, 0.5) is 5.69 Å². The lowest BCUT2D eigenvalue weighted by atomic mass is 10.2. The van der Waals surface area contributed by atoms with E-state index in [4.69, 9.17) is 13.9 Å². The van der Waals surface area contributed by atoms with Crippen molar-refractivity contribution in [2.24, 2.45) is 0 Å². The molecule has 0 aliphatic rings. The van der Waals surface area contributed by atoms with Crippen molar-refractivity contribution in [2.75, 3.05) is 7.11 Å². The third-order valence-corrected chi connectivity index (χ3v) is 3.97. The van der Waals surface area contributed by atoms with Gasteiger partial charge in [0.2, 0.25) is 11.6 Å². The quantitative estimate of drug-likeness (QED) is 0.358. The highest BCUT2D eigenvalue weighted by atomic mass is 16.6. The summed E-state index contributed by atoms with van der Waals surface area (Å²) in [6.07, 6.45) is 0. The monoisotopic (exact) mass is 362 g/mol. The Labute approximate surface area is 153 Å². The number of nitrogens with zero attached hydrogens (tertiary/aromatic N) is 2. The van der Waals surface area contributed by atoms with Crippen LogP contribution >= 0.6 is 0 Å². The van der Waals surface area contributed by atoms with Crippen LogP contribution in [-0.2, 0) is 0 Å². The number of aromatic nitrogens is 1. The van der Waals surface area contributed by atoms with Crippen molar-refractivity contribution in [2.45, 2.75) is 0 Å². The molecule has 0 unspecified atom stereocenters. The third-order valence-electron chi connectivity index (χ3n) is 3.97. The summed E-state index contributed by atoms with van der Waals surface area (Å²) in [4.78, 5) is 15.4. The lowest BCUT2D eigenvalue weighted by molar-refractivity contribution is -0.385. The second kappa shape index (κ2) is 6.80. The van der Waals surface area contributed by atoms with E-state index in [1.54, 1.807) is 31.4 Å². The van der Waals surface area contributed by atoms with E-state index >= 15 is 0 Å². The second-order valence-electron chi connectivity index (χ2n) is 5.71. The number of nitro groups is 1. The largest absolute Gasteiger partial charge is 0.497 e. The minimum absolute atomic E-state index is 0.0885. The fraction of sp³-hybridized carbons (Fsp3) is 0.0500. The summed E-state index contributed by atoms with van der Waals surface area (Å²) in [5.41, 5.74) is 1.38. The summed E-state index contributed by atoms with van der Waals surface area (Å²) in [6, 6.07) is 18.9. The number of nitro benzene ring substituents is 1. The molecule has 0 bridgehead atoms. The van der Waals surface area contributed by atoms with Crippen LogP contribution in [0.15, 0.2) is 71.1 Å². The molecule has 134 valence electrons. The molecule has 0 spiro atoms. The topological polar surface area (TPSA) is 87.6 Å². The van der Waals surface area contributed by atoms with Gasteiger partial charge in [-0.2, -0.15) is 0 Å². The first-order valence-electron chi connectivity index (χ1n) is 8.10. The van der Waals surface area contributed by atoms with E-state index in [0.717, 1.165) is 5.56 Å². The van der Waals surface area contributed by atoms with Gasteiger partial charge in [-0.15, -0.1) is 0 Å². The smallest absolute Gasteiger partial charge is 0.315 e. The molecule has 1 heterocycles. The normalized spacial score (nSPS) is 10.7.